The van der Waals surface area contributed by atoms with E-state index in [-0.39, 0.29) is 5.97 Å². The van der Waals surface area contributed by atoms with Gasteiger partial charge in [-0.15, -0.1) is 0 Å². The number of nitrogens with zero attached hydrogens (tertiary/aromatic N) is 1. The van der Waals surface area contributed by atoms with Crippen molar-refractivity contribution >= 4 is 5.97 Å². The van der Waals surface area contributed by atoms with Crippen molar-refractivity contribution in [2.45, 2.75) is 46.2 Å². The van der Waals surface area contributed by atoms with Crippen LogP contribution in [0.5, 0.6) is 0 Å². The van der Waals surface area contributed by atoms with Crippen LogP contribution in [-0.2, 0) is 11.3 Å². The van der Waals surface area contributed by atoms with Crippen LogP contribution in [0.15, 0.2) is 28.7 Å². The number of benzene rings is 1. The van der Waals surface area contributed by atoms with Crippen LogP contribution in [-0.4, -0.2) is 24.5 Å². The fourth-order valence-electron chi connectivity index (χ4n) is 3.50. The Bertz CT molecular complexity index is 747. The molecule has 1 saturated heterocycles. The number of likely N-dealkylation sites (tertiary alicyclic amines) is 1. The highest BCUT2D eigenvalue weighted by Crippen LogP contribution is 2.34. The number of carbonyl (C=O) groups excluding carboxylic acids is 1. The number of aryl methyl sites for hydroxylation is 3. The third kappa shape index (κ3) is 3.24. The molecule has 2 heterocycles. The topological polar surface area (TPSA) is 42.7 Å². The first-order valence-electron chi connectivity index (χ1n) is 8.48. The highest BCUT2D eigenvalue weighted by Gasteiger charge is 2.27. The Balaban J connectivity index is 1.79. The summed E-state index contributed by atoms with van der Waals surface area (Å²) in [5.41, 5.74) is 4.55. The lowest BCUT2D eigenvalue weighted by molar-refractivity contribution is 0.0599. The van der Waals surface area contributed by atoms with E-state index >= 15 is 0 Å². The van der Waals surface area contributed by atoms with Gasteiger partial charge in [0.2, 0.25) is 0 Å². The zero-order chi connectivity index (χ0) is 17.3. The number of hydrogen-bond donors (Lipinski definition) is 0. The van der Waals surface area contributed by atoms with Gasteiger partial charge >= 0.3 is 5.97 Å². The molecule has 1 aromatic carbocycles. The fraction of sp³-hybridized carbons (Fsp3) is 0.450. The van der Waals surface area contributed by atoms with Gasteiger partial charge in [-0.1, -0.05) is 18.2 Å². The molecule has 3 rings (SSSR count). The van der Waals surface area contributed by atoms with E-state index in [2.05, 4.69) is 36.9 Å². The highest BCUT2D eigenvalue weighted by atomic mass is 16.5. The summed E-state index contributed by atoms with van der Waals surface area (Å²) in [6.07, 6.45) is 2.34. The molecule has 2 aromatic rings. The number of rotatable bonds is 4. The van der Waals surface area contributed by atoms with Crippen molar-refractivity contribution in [2.24, 2.45) is 0 Å². The van der Waals surface area contributed by atoms with Crippen molar-refractivity contribution in [3.05, 3.63) is 58.0 Å². The van der Waals surface area contributed by atoms with Crippen LogP contribution in [0.1, 0.15) is 57.5 Å². The van der Waals surface area contributed by atoms with Crippen molar-refractivity contribution < 1.29 is 13.9 Å². The summed E-state index contributed by atoms with van der Waals surface area (Å²) in [7, 11) is 1.39. The summed E-state index contributed by atoms with van der Waals surface area (Å²) >= 11 is 0. The molecule has 0 saturated carbocycles. The van der Waals surface area contributed by atoms with Crippen molar-refractivity contribution in [3.8, 4) is 0 Å². The Morgan fingerprint density at radius 1 is 1.25 bits per heavy atom. The predicted molar refractivity (Wildman–Crippen MR) is 93.1 cm³/mol. The van der Waals surface area contributed by atoms with Gasteiger partial charge in [-0.25, -0.2) is 4.79 Å². The first kappa shape index (κ1) is 16.8. The van der Waals surface area contributed by atoms with Crippen LogP contribution in [0.4, 0.5) is 0 Å². The summed E-state index contributed by atoms with van der Waals surface area (Å²) in [6, 6.07) is 8.96. The lowest BCUT2D eigenvalue weighted by Crippen LogP contribution is -2.22. The summed E-state index contributed by atoms with van der Waals surface area (Å²) in [4.78, 5) is 14.2. The van der Waals surface area contributed by atoms with Gasteiger partial charge in [-0.2, -0.15) is 0 Å². The summed E-state index contributed by atoms with van der Waals surface area (Å²) in [5, 5.41) is 0. The van der Waals surface area contributed by atoms with E-state index in [9.17, 15) is 4.79 Å². The Labute approximate surface area is 143 Å². The number of furan rings is 1. The second-order valence-electron chi connectivity index (χ2n) is 6.65. The number of ether oxygens (including phenoxy) is 1. The number of esters is 1. The van der Waals surface area contributed by atoms with Gasteiger partial charge in [0.05, 0.1) is 13.7 Å². The second-order valence-corrected chi connectivity index (χ2v) is 6.65. The van der Waals surface area contributed by atoms with E-state index in [0.29, 0.717) is 17.4 Å². The van der Waals surface area contributed by atoms with Crippen molar-refractivity contribution in [3.63, 3.8) is 0 Å². The molecule has 1 aromatic heterocycles. The molecule has 0 radical (unpaired) electrons. The van der Waals surface area contributed by atoms with E-state index in [1.54, 1.807) is 6.92 Å². The Hall–Kier alpha value is -2.07. The molecule has 1 atom stereocenters. The van der Waals surface area contributed by atoms with E-state index < -0.39 is 0 Å². The normalized spacial score (nSPS) is 18.1. The van der Waals surface area contributed by atoms with Crippen molar-refractivity contribution in [1.29, 1.82) is 0 Å². The predicted octanol–water partition coefficient (Wildman–Crippen LogP) is 4.33. The van der Waals surface area contributed by atoms with Crippen LogP contribution < -0.4 is 0 Å². The number of carbonyl (C=O) groups is 1. The van der Waals surface area contributed by atoms with Gasteiger partial charge in [-0.3, -0.25) is 4.90 Å². The molecule has 0 amide bonds. The van der Waals surface area contributed by atoms with Crippen LogP contribution in [0.25, 0.3) is 0 Å². The molecule has 1 aliphatic heterocycles. The molecule has 1 fully saturated rings. The minimum absolute atomic E-state index is 0.338. The first-order chi connectivity index (χ1) is 11.5. The number of methoxy groups -OCH3 is 1. The molecular weight excluding hydrogens is 302 g/mol. The highest BCUT2D eigenvalue weighted by molar-refractivity contribution is 5.90. The van der Waals surface area contributed by atoms with E-state index in [1.807, 2.05) is 6.07 Å². The zero-order valence-corrected chi connectivity index (χ0v) is 14.9. The van der Waals surface area contributed by atoms with Crippen LogP contribution in [0, 0.1) is 20.8 Å². The maximum Gasteiger partial charge on any atom is 0.341 e. The zero-order valence-electron chi connectivity index (χ0n) is 14.9. The van der Waals surface area contributed by atoms with Gasteiger partial charge < -0.3 is 9.15 Å². The monoisotopic (exact) mass is 327 g/mol. The average molecular weight is 327 g/mol. The maximum absolute atomic E-state index is 11.7. The summed E-state index contributed by atoms with van der Waals surface area (Å²) in [6.45, 7) is 7.88. The molecule has 0 bridgehead atoms. The van der Waals surface area contributed by atoms with Gasteiger partial charge in [0.1, 0.15) is 17.1 Å². The minimum Gasteiger partial charge on any atom is -0.465 e. The molecule has 0 N–H and O–H groups in total. The van der Waals surface area contributed by atoms with Crippen LogP contribution >= 0.6 is 0 Å². The van der Waals surface area contributed by atoms with E-state index in [1.165, 1.54) is 30.2 Å². The Kier molecular flexibility index (Phi) is 4.76. The van der Waals surface area contributed by atoms with Gasteiger partial charge in [0, 0.05) is 6.04 Å². The fourth-order valence-corrected chi connectivity index (χ4v) is 3.50. The largest absolute Gasteiger partial charge is 0.465 e. The molecule has 0 spiro atoms. The SMILES string of the molecule is COC(=O)c1cc(CN2CCC[C@H]2c2ccc(C)c(C)c2)oc1C. The average Bonchev–Trinajstić information content (AvgIpc) is 3.16. The van der Waals surface area contributed by atoms with Crippen molar-refractivity contribution in [1.82, 2.24) is 4.90 Å². The van der Waals surface area contributed by atoms with E-state index in [0.717, 1.165) is 25.3 Å². The summed E-state index contributed by atoms with van der Waals surface area (Å²) < 4.78 is 10.6. The molecule has 0 aliphatic carbocycles. The molecular formula is C20H25NO3. The van der Waals surface area contributed by atoms with Gasteiger partial charge in [0.25, 0.3) is 0 Å². The second kappa shape index (κ2) is 6.81. The molecule has 1 aliphatic rings. The molecule has 4 heteroatoms. The third-order valence-electron chi connectivity index (χ3n) is 5.01. The molecule has 24 heavy (non-hydrogen) atoms. The first-order valence-corrected chi connectivity index (χ1v) is 8.48. The summed E-state index contributed by atoms with van der Waals surface area (Å²) in [5.74, 6) is 1.11. The standard InChI is InChI=1S/C20H25NO3/c1-13-7-8-16(10-14(13)2)19-6-5-9-21(19)12-17-11-18(15(3)24-17)20(22)23-4/h7-8,10-11,19H,5-6,9,12H2,1-4H3/t19-/m0/s1. The lowest BCUT2D eigenvalue weighted by atomic mass is 9.99. The number of hydrogen-bond acceptors (Lipinski definition) is 4. The van der Waals surface area contributed by atoms with Crippen molar-refractivity contribution in [2.75, 3.05) is 13.7 Å². The smallest absolute Gasteiger partial charge is 0.341 e. The third-order valence-corrected chi connectivity index (χ3v) is 5.01. The van der Waals surface area contributed by atoms with E-state index in [4.69, 9.17) is 9.15 Å². The lowest BCUT2D eigenvalue weighted by Gasteiger charge is -2.24. The molecule has 0 unspecified atom stereocenters. The molecule has 128 valence electrons. The quantitative estimate of drug-likeness (QED) is 0.784. The maximum atomic E-state index is 11.7. The Morgan fingerprint density at radius 2 is 2.04 bits per heavy atom. The van der Waals surface area contributed by atoms with Crippen LogP contribution in [0.3, 0.4) is 0 Å². The van der Waals surface area contributed by atoms with Gasteiger partial charge in [-0.05, 0) is 62.9 Å². The molecule has 4 nitrogen and oxygen atoms in total. The minimum atomic E-state index is -0.338. The Morgan fingerprint density at radius 3 is 2.75 bits per heavy atom. The van der Waals surface area contributed by atoms with Crippen LogP contribution in [0.2, 0.25) is 0 Å². The van der Waals surface area contributed by atoms with Gasteiger partial charge in [0.15, 0.2) is 0 Å².